The van der Waals surface area contributed by atoms with Gasteiger partial charge >= 0.3 is 0 Å². The third-order valence-electron chi connectivity index (χ3n) is 6.01. The van der Waals surface area contributed by atoms with Gasteiger partial charge in [0, 0.05) is 32.1 Å². The first kappa shape index (κ1) is 19.5. The molecule has 0 bridgehead atoms. The quantitative estimate of drug-likeness (QED) is 0.642. The predicted molar refractivity (Wildman–Crippen MR) is 122 cm³/mol. The molecule has 0 unspecified atom stereocenters. The molecule has 0 aliphatic carbocycles. The molecule has 0 amide bonds. The molecule has 0 saturated carbocycles. The number of aromatic nitrogens is 2. The topological polar surface area (TPSA) is 71.5 Å². The molecule has 2 N–H and O–H groups in total. The number of nitrogens with zero attached hydrogens (tertiary/aromatic N) is 3. The minimum Gasteiger partial charge on any atom is -0.454 e. The second-order valence-electron chi connectivity index (χ2n) is 8.07. The minimum absolute atomic E-state index is 0.0659. The highest BCUT2D eigenvalue weighted by atomic mass is 16.7. The minimum atomic E-state index is 0.0659. The third-order valence-corrected chi connectivity index (χ3v) is 6.01. The van der Waals surface area contributed by atoms with Crippen LogP contribution in [-0.4, -0.2) is 30.4 Å². The average molecular weight is 418 g/mol. The van der Waals surface area contributed by atoms with Gasteiger partial charge in [-0.1, -0.05) is 12.1 Å². The largest absolute Gasteiger partial charge is 0.454 e. The van der Waals surface area contributed by atoms with Gasteiger partial charge in [-0.2, -0.15) is 0 Å². The number of rotatable bonds is 5. The Bertz CT molecular complexity index is 1120. The molecule has 7 nitrogen and oxygen atoms in total. The Hall–Kier alpha value is -3.48. The van der Waals surface area contributed by atoms with Crippen LogP contribution in [0.2, 0.25) is 0 Å². The summed E-state index contributed by atoms with van der Waals surface area (Å²) in [5.41, 5.74) is 6.99. The van der Waals surface area contributed by atoms with Crippen LogP contribution in [0.3, 0.4) is 0 Å². The molecule has 0 radical (unpaired) electrons. The first-order chi connectivity index (χ1) is 15.1. The van der Waals surface area contributed by atoms with E-state index in [0.29, 0.717) is 0 Å². The number of fused-ring (bicyclic) bond motifs is 2. The van der Waals surface area contributed by atoms with Crippen LogP contribution in [-0.2, 0) is 13.0 Å². The summed E-state index contributed by atoms with van der Waals surface area (Å²) in [6, 6.07) is 12.7. The number of ether oxygens (including phenoxy) is 2. The van der Waals surface area contributed by atoms with Crippen molar-refractivity contribution < 1.29 is 9.47 Å². The summed E-state index contributed by atoms with van der Waals surface area (Å²) in [4.78, 5) is 11.6. The smallest absolute Gasteiger partial charge is 0.231 e. The Kier molecular flexibility index (Phi) is 5.02. The van der Waals surface area contributed by atoms with Crippen molar-refractivity contribution in [3.8, 4) is 11.5 Å². The van der Waals surface area contributed by atoms with Gasteiger partial charge in [0.05, 0.1) is 23.1 Å². The zero-order chi connectivity index (χ0) is 21.4. The maximum atomic E-state index is 5.54. The summed E-state index contributed by atoms with van der Waals surface area (Å²) >= 11 is 0. The molecule has 7 heteroatoms. The Morgan fingerprint density at radius 3 is 2.81 bits per heavy atom. The van der Waals surface area contributed by atoms with Gasteiger partial charge in [-0.25, -0.2) is 9.97 Å². The van der Waals surface area contributed by atoms with Gasteiger partial charge in [-0.3, -0.25) is 0 Å². The molecule has 3 aromatic rings. The van der Waals surface area contributed by atoms with Crippen molar-refractivity contribution in [3.05, 3.63) is 65.1 Å². The van der Waals surface area contributed by atoms with E-state index in [2.05, 4.69) is 63.6 Å². The van der Waals surface area contributed by atoms with Crippen LogP contribution in [0, 0.1) is 6.92 Å². The fourth-order valence-corrected chi connectivity index (χ4v) is 4.27. The lowest BCUT2D eigenvalue weighted by molar-refractivity contribution is 0.174. The SMILES string of the molecule is CNc1cc(C)ccc1N1CCc2ncnc(N[C@@H](C)c3ccc4c(c3)OCO4)c2C1. The highest BCUT2D eigenvalue weighted by molar-refractivity contribution is 5.72. The maximum Gasteiger partial charge on any atom is 0.231 e. The molecule has 2 aliphatic heterocycles. The average Bonchev–Trinajstić information content (AvgIpc) is 3.27. The van der Waals surface area contributed by atoms with Gasteiger partial charge in [0.2, 0.25) is 6.79 Å². The Labute approximate surface area is 182 Å². The van der Waals surface area contributed by atoms with E-state index >= 15 is 0 Å². The summed E-state index contributed by atoms with van der Waals surface area (Å²) in [5, 5.41) is 6.93. The van der Waals surface area contributed by atoms with Crippen molar-refractivity contribution >= 4 is 17.2 Å². The summed E-state index contributed by atoms with van der Waals surface area (Å²) in [5.74, 6) is 2.48. The summed E-state index contributed by atoms with van der Waals surface area (Å²) in [6.45, 7) is 6.22. The number of anilines is 3. The predicted octanol–water partition coefficient (Wildman–Crippen LogP) is 4.29. The van der Waals surface area contributed by atoms with E-state index in [1.807, 2.05) is 19.2 Å². The van der Waals surface area contributed by atoms with Gasteiger partial charge in [0.25, 0.3) is 0 Å². The number of hydrogen-bond donors (Lipinski definition) is 2. The van der Waals surface area contributed by atoms with Gasteiger partial charge in [-0.15, -0.1) is 0 Å². The number of benzene rings is 2. The van der Waals surface area contributed by atoms with Crippen molar-refractivity contribution in [3.63, 3.8) is 0 Å². The summed E-state index contributed by atoms with van der Waals surface area (Å²) in [7, 11) is 1.97. The van der Waals surface area contributed by atoms with Crippen LogP contribution in [0.15, 0.2) is 42.7 Å². The molecule has 160 valence electrons. The number of nitrogens with one attached hydrogen (secondary N) is 2. The van der Waals surface area contributed by atoms with Crippen molar-refractivity contribution in [2.24, 2.45) is 0 Å². The second kappa shape index (κ2) is 7.98. The van der Waals surface area contributed by atoms with Gasteiger partial charge in [0.15, 0.2) is 11.5 Å². The van der Waals surface area contributed by atoms with Crippen LogP contribution in [0.1, 0.15) is 35.3 Å². The fourth-order valence-electron chi connectivity index (χ4n) is 4.27. The third kappa shape index (κ3) is 3.71. The lowest BCUT2D eigenvalue weighted by Gasteiger charge is -2.33. The molecule has 0 spiro atoms. The van der Waals surface area contributed by atoms with Gasteiger partial charge in [0.1, 0.15) is 12.1 Å². The van der Waals surface area contributed by atoms with E-state index in [0.717, 1.165) is 59.3 Å². The van der Waals surface area contributed by atoms with E-state index in [-0.39, 0.29) is 12.8 Å². The zero-order valence-electron chi connectivity index (χ0n) is 18.1. The molecule has 2 aromatic carbocycles. The summed E-state index contributed by atoms with van der Waals surface area (Å²) < 4.78 is 11.0. The van der Waals surface area contributed by atoms with Crippen LogP contribution < -0.4 is 25.0 Å². The lowest BCUT2D eigenvalue weighted by Crippen LogP contribution is -2.32. The summed E-state index contributed by atoms with van der Waals surface area (Å²) in [6.07, 6.45) is 2.55. The highest BCUT2D eigenvalue weighted by Gasteiger charge is 2.24. The molecule has 0 fully saturated rings. The highest BCUT2D eigenvalue weighted by Crippen LogP contribution is 2.36. The van der Waals surface area contributed by atoms with Crippen LogP contribution in [0.25, 0.3) is 0 Å². The van der Waals surface area contributed by atoms with Crippen molar-refractivity contribution in [1.82, 2.24) is 9.97 Å². The molecule has 0 saturated heterocycles. The molecular formula is C24H27N5O2. The first-order valence-corrected chi connectivity index (χ1v) is 10.6. The maximum absolute atomic E-state index is 5.54. The molecule has 5 rings (SSSR count). The van der Waals surface area contributed by atoms with Crippen LogP contribution >= 0.6 is 0 Å². The first-order valence-electron chi connectivity index (χ1n) is 10.6. The van der Waals surface area contributed by atoms with Crippen molar-refractivity contribution in [2.45, 2.75) is 32.9 Å². The Balaban J connectivity index is 1.40. The van der Waals surface area contributed by atoms with Crippen LogP contribution in [0.4, 0.5) is 17.2 Å². The monoisotopic (exact) mass is 417 g/mol. The van der Waals surface area contributed by atoms with E-state index in [4.69, 9.17) is 9.47 Å². The molecule has 1 atom stereocenters. The fraction of sp³-hybridized carbons (Fsp3) is 0.333. The van der Waals surface area contributed by atoms with E-state index < -0.39 is 0 Å². The molecule has 1 aromatic heterocycles. The Morgan fingerprint density at radius 1 is 1.06 bits per heavy atom. The molecular weight excluding hydrogens is 390 g/mol. The standard InChI is InChI=1S/C24H27N5O2/c1-15-4-6-21(20(10-15)25-3)29-9-8-19-18(12-29)24(27-13-26-19)28-16(2)17-5-7-22-23(11-17)31-14-30-22/h4-7,10-11,13,16,25H,8-9,12,14H2,1-3H3,(H,26,27,28)/t16-/m0/s1. The molecule has 2 aliphatic rings. The Morgan fingerprint density at radius 2 is 1.94 bits per heavy atom. The van der Waals surface area contributed by atoms with Crippen molar-refractivity contribution in [2.75, 3.05) is 35.9 Å². The van der Waals surface area contributed by atoms with E-state index in [9.17, 15) is 0 Å². The van der Waals surface area contributed by atoms with Crippen molar-refractivity contribution in [1.29, 1.82) is 0 Å². The zero-order valence-corrected chi connectivity index (χ0v) is 18.1. The number of aryl methyl sites for hydroxylation is 1. The number of hydrogen-bond acceptors (Lipinski definition) is 7. The normalized spacial score (nSPS) is 15.4. The molecule has 3 heterocycles. The van der Waals surface area contributed by atoms with Gasteiger partial charge < -0.3 is 25.0 Å². The van der Waals surface area contributed by atoms with E-state index in [1.165, 1.54) is 11.3 Å². The van der Waals surface area contributed by atoms with E-state index in [1.54, 1.807) is 6.33 Å². The lowest BCUT2D eigenvalue weighted by atomic mass is 10.0. The second-order valence-corrected chi connectivity index (χ2v) is 8.07. The molecule has 31 heavy (non-hydrogen) atoms. The van der Waals surface area contributed by atoms with Gasteiger partial charge in [-0.05, 0) is 49.2 Å². The van der Waals surface area contributed by atoms with Crippen LogP contribution in [0.5, 0.6) is 11.5 Å².